The van der Waals surface area contributed by atoms with E-state index in [1.54, 1.807) is 74.5 Å². The van der Waals surface area contributed by atoms with Gasteiger partial charge in [-0.3, -0.25) is 9.48 Å². The van der Waals surface area contributed by atoms with Gasteiger partial charge in [0.25, 0.3) is 5.91 Å². The highest BCUT2D eigenvalue weighted by molar-refractivity contribution is 6.03. The lowest BCUT2D eigenvalue weighted by atomic mass is 10.1. The summed E-state index contributed by atoms with van der Waals surface area (Å²) in [6, 6.07) is 15.9. The van der Waals surface area contributed by atoms with Gasteiger partial charge in [-0.15, -0.1) is 0 Å². The van der Waals surface area contributed by atoms with Crippen LogP contribution in [-0.2, 0) is 7.05 Å². The topological polar surface area (TPSA) is 118 Å². The first kappa shape index (κ1) is 26.4. The van der Waals surface area contributed by atoms with Crippen molar-refractivity contribution in [3.05, 3.63) is 83.6 Å². The molecule has 5 rings (SSSR count). The number of nitrogens with one attached hydrogen (secondary N) is 1. The van der Waals surface area contributed by atoms with Gasteiger partial charge in [-0.05, 0) is 74.9 Å². The van der Waals surface area contributed by atoms with Crippen LogP contribution in [0.5, 0.6) is 23.1 Å². The highest BCUT2D eigenvalue weighted by Crippen LogP contribution is 2.33. The molecule has 1 amide bonds. The number of rotatable bonds is 8. The SMILES string of the molecule is COc1ccc(OC)c(-c2cc(C(=O)Nc3ccc(Oc4cc(-n5nc(C)c(C)c5C)ncn4)cc3)n(C)n2)c1. The number of ether oxygens (including phenoxy) is 3. The van der Waals surface area contributed by atoms with Crippen molar-refractivity contribution < 1.29 is 19.0 Å². The molecule has 0 bridgehead atoms. The molecule has 0 unspecified atom stereocenters. The minimum absolute atomic E-state index is 0.308. The summed E-state index contributed by atoms with van der Waals surface area (Å²) in [7, 11) is 4.89. The van der Waals surface area contributed by atoms with Crippen molar-refractivity contribution in [2.24, 2.45) is 7.05 Å². The van der Waals surface area contributed by atoms with Gasteiger partial charge in [0.2, 0.25) is 5.88 Å². The van der Waals surface area contributed by atoms with Crippen LogP contribution >= 0.6 is 0 Å². The van der Waals surface area contributed by atoms with E-state index < -0.39 is 0 Å². The quantitative estimate of drug-likeness (QED) is 0.291. The molecule has 0 atom stereocenters. The first-order valence-corrected chi connectivity index (χ1v) is 12.5. The second-order valence-electron chi connectivity index (χ2n) is 9.11. The van der Waals surface area contributed by atoms with E-state index in [9.17, 15) is 4.79 Å². The minimum atomic E-state index is -0.308. The molecule has 0 aliphatic heterocycles. The maximum Gasteiger partial charge on any atom is 0.273 e. The van der Waals surface area contributed by atoms with E-state index in [2.05, 4.69) is 25.5 Å². The zero-order valence-corrected chi connectivity index (χ0v) is 23.1. The van der Waals surface area contributed by atoms with Crippen LogP contribution in [0.1, 0.15) is 27.4 Å². The summed E-state index contributed by atoms with van der Waals surface area (Å²) in [4.78, 5) is 21.6. The van der Waals surface area contributed by atoms with E-state index in [1.807, 2.05) is 26.8 Å². The smallest absolute Gasteiger partial charge is 0.273 e. The average Bonchev–Trinajstić information content (AvgIpc) is 3.48. The van der Waals surface area contributed by atoms with Crippen LogP contribution in [0.4, 0.5) is 5.69 Å². The fourth-order valence-corrected chi connectivity index (χ4v) is 4.19. The van der Waals surface area contributed by atoms with Gasteiger partial charge in [0.05, 0.1) is 25.6 Å². The number of aryl methyl sites for hydroxylation is 2. The molecule has 0 aliphatic carbocycles. The highest BCUT2D eigenvalue weighted by Gasteiger charge is 2.18. The monoisotopic (exact) mass is 539 g/mol. The van der Waals surface area contributed by atoms with Crippen LogP contribution < -0.4 is 19.5 Å². The summed E-state index contributed by atoms with van der Waals surface area (Å²) >= 11 is 0. The second kappa shape index (κ2) is 10.9. The van der Waals surface area contributed by atoms with E-state index in [4.69, 9.17) is 14.2 Å². The summed E-state index contributed by atoms with van der Waals surface area (Å²) in [5.74, 6) is 2.53. The van der Waals surface area contributed by atoms with Crippen LogP contribution in [0, 0.1) is 20.8 Å². The summed E-state index contributed by atoms with van der Waals surface area (Å²) in [5, 5.41) is 12.0. The zero-order valence-electron chi connectivity index (χ0n) is 23.1. The second-order valence-corrected chi connectivity index (χ2v) is 9.11. The molecule has 0 aliphatic rings. The van der Waals surface area contributed by atoms with Crippen molar-refractivity contribution in [3.8, 4) is 40.2 Å². The van der Waals surface area contributed by atoms with Crippen LogP contribution in [0.2, 0.25) is 0 Å². The highest BCUT2D eigenvalue weighted by atomic mass is 16.5. The van der Waals surface area contributed by atoms with Crippen LogP contribution in [-0.4, -0.2) is 49.7 Å². The Hall–Kier alpha value is -5.19. The largest absolute Gasteiger partial charge is 0.497 e. The molecule has 0 saturated heterocycles. The molecule has 1 N–H and O–H groups in total. The summed E-state index contributed by atoms with van der Waals surface area (Å²) in [6.07, 6.45) is 1.44. The normalized spacial score (nSPS) is 10.8. The van der Waals surface area contributed by atoms with Gasteiger partial charge in [-0.2, -0.15) is 10.2 Å². The maximum atomic E-state index is 13.1. The van der Waals surface area contributed by atoms with Crippen molar-refractivity contribution in [1.82, 2.24) is 29.5 Å². The number of nitrogens with zero attached hydrogens (tertiary/aromatic N) is 6. The van der Waals surface area contributed by atoms with Crippen molar-refractivity contribution in [2.45, 2.75) is 20.8 Å². The van der Waals surface area contributed by atoms with Crippen molar-refractivity contribution >= 4 is 11.6 Å². The van der Waals surface area contributed by atoms with Gasteiger partial charge in [0.15, 0.2) is 5.82 Å². The lowest BCUT2D eigenvalue weighted by Gasteiger charge is -2.09. The molecule has 0 radical (unpaired) electrons. The number of carbonyl (C=O) groups excluding carboxylic acids is 1. The van der Waals surface area contributed by atoms with E-state index in [-0.39, 0.29) is 5.91 Å². The fraction of sp³-hybridized carbons (Fsp3) is 0.207. The molecule has 3 heterocycles. The van der Waals surface area contributed by atoms with Gasteiger partial charge >= 0.3 is 0 Å². The summed E-state index contributed by atoms with van der Waals surface area (Å²) < 4.78 is 20.0. The Kier molecular flexibility index (Phi) is 7.19. The Morgan fingerprint density at radius 1 is 0.875 bits per heavy atom. The summed E-state index contributed by atoms with van der Waals surface area (Å²) in [6.45, 7) is 5.98. The Morgan fingerprint density at radius 2 is 1.62 bits per heavy atom. The number of aromatic nitrogens is 6. The predicted molar refractivity (Wildman–Crippen MR) is 150 cm³/mol. The molecule has 3 aromatic heterocycles. The minimum Gasteiger partial charge on any atom is -0.497 e. The van der Waals surface area contributed by atoms with Crippen LogP contribution in [0.25, 0.3) is 17.1 Å². The first-order valence-electron chi connectivity index (χ1n) is 12.5. The van der Waals surface area contributed by atoms with Gasteiger partial charge in [0, 0.05) is 30.1 Å². The average molecular weight is 540 g/mol. The number of benzene rings is 2. The van der Waals surface area contributed by atoms with Gasteiger partial charge in [-0.25, -0.2) is 14.6 Å². The van der Waals surface area contributed by atoms with Crippen molar-refractivity contribution in [2.75, 3.05) is 19.5 Å². The lowest BCUT2D eigenvalue weighted by molar-refractivity contribution is 0.101. The molecule has 40 heavy (non-hydrogen) atoms. The Morgan fingerprint density at radius 3 is 2.30 bits per heavy atom. The molecular formula is C29H29N7O4. The molecule has 0 fully saturated rings. The fourth-order valence-electron chi connectivity index (χ4n) is 4.19. The number of amides is 1. The maximum absolute atomic E-state index is 13.1. The third kappa shape index (κ3) is 5.21. The molecule has 204 valence electrons. The number of carbonyl (C=O) groups is 1. The third-order valence-electron chi connectivity index (χ3n) is 6.63. The Bertz CT molecular complexity index is 1690. The molecule has 0 spiro atoms. The molecule has 11 nitrogen and oxygen atoms in total. The molecule has 2 aromatic carbocycles. The third-order valence-corrected chi connectivity index (χ3v) is 6.63. The summed E-state index contributed by atoms with van der Waals surface area (Å²) in [5.41, 5.74) is 5.35. The van der Waals surface area contributed by atoms with Crippen LogP contribution in [0.15, 0.2) is 60.9 Å². The van der Waals surface area contributed by atoms with Gasteiger partial charge in [0.1, 0.15) is 29.3 Å². The van der Waals surface area contributed by atoms with Crippen LogP contribution in [0.3, 0.4) is 0 Å². The molecule has 11 heteroatoms. The Balaban J connectivity index is 1.29. The van der Waals surface area contributed by atoms with E-state index >= 15 is 0 Å². The molecule has 5 aromatic rings. The predicted octanol–water partition coefficient (Wildman–Crippen LogP) is 5.05. The Labute approximate surface area is 231 Å². The number of methoxy groups -OCH3 is 2. The number of hydrogen-bond donors (Lipinski definition) is 1. The van der Waals surface area contributed by atoms with Gasteiger partial charge in [-0.1, -0.05) is 0 Å². The van der Waals surface area contributed by atoms with E-state index in [0.29, 0.717) is 46.0 Å². The number of anilines is 1. The van der Waals surface area contributed by atoms with Crippen molar-refractivity contribution in [3.63, 3.8) is 0 Å². The first-order chi connectivity index (χ1) is 19.3. The zero-order chi connectivity index (χ0) is 28.4. The standard InChI is InChI=1S/C29H29N7O4/c1-17-18(2)33-36(19(17)3)27-15-28(31-16-30-27)40-21-9-7-20(8-10-21)32-29(37)25-14-24(34-35(25)4)23-13-22(38-5)11-12-26(23)39-6/h7-16H,1-6H3,(H,32,37). The van der Waals surface area contributed by atoms with E-state index in [1.165, 1.54) is 11.0 Å². The molecule has 0 saturated carbocycles. The van der Waals surface area contributed by atoms with Gasteiger partial charge < -0.3 is 19.5 Å². The molecular weight excluding hydrogens is 510 g/mol. The lowest BCUT2D eigenvalue weighted by Crippen LogP contribution is -2.15. The number of hydrogen-bond acceptors (Lipinski definition) is 8. The van der Waals surface area contributed by atoms with E-state index in [0.717, 1.165) is 22.5 Å². The van der Waals surface area contributed by atoms with Crippen molar-refractivity contribution in [1.29, 1.82) is 0 Å².